The van der Waals surface area contributed by atoms with E-state index in [2.05, 4.69) is 36.1 Å². The van der Waals surface area contributed by atoms with Crippen molar-refractivity contribution in [2.45, 2.75) is 37.9 Å². The molecule has 1 aliphatic rings. The third-order valence-corrected chi connectivity index (χ3v) is 4.90. The molecule has 3 rings (SSSR count). The highest BCUT2D eigenvalue weighted by atomic mass is 19.4. The van der Waals surface area contributed by atoms with Gasteiger partial charge in [-0.1, -0.05) is 31.2 Å². The molecule has 0 radical (unpaired) electrons. The van der Waals surface area contributed by atoms with Crippen LogP contribution in [0.3, 0.4) is 0 Å². The molecule has 134 valence electrons. The number of alkyl halides is 3. The van der Waals surface area contributed by atoms with Crippen LogP contribution in [0.1, 0.15) is 36.0 Å². The Morgan fingerprint density at radius 3 is 2.20 bits per heavy atom. The van der Waals surface area contributed by atoms with E-state index in [0.29, 0.717) is 6.54 Å². The second-order valence-electron chi connectivity index (χ2n) is 6.74. The maximum atomic E-state index is 12.7. The predicted molar refractivity (Wildman–Crippen MR) is 94.8 cm³/mol. The molecule has 0 aromatic heterocycles. The fourth-order valence-electron chi connectivity index (χ4n) is 3.48. The third-order valence-electron chi connectivity index (χ3n) is 4.90. The first-order chi connectivity index (χ1) is 11.9. The van der Waals surface area contributed by atoms with Crippen molar-refractivity contribution in [3.8, 4) is 0 Å². The molecule has 0 spiro atoms. The van der Waals surface area contributed by atoms with Gasteiger partial charge in [-0.25, -0.2) is 0 Å². The van der Waals surface area contributed by atoms with Gasteiger partial charge in [0.25, 0.3) is 0 Å². The molecular formula is C20H23F3N2. The summed E-state index contributed by atoms with van der Waals surface area (Å²) in [6, 6.07) is 13.9. The smallest absolute Gasteiger partial charge is 0.369 e. The number of hydrogen-bond donors (Lipinski definition) is 1. The zero-order chi connectivity index (χ0) is 18.0. The van der Waals surface area contributed by atoms with E-state index in [9.17, 15) is 13.2 Å². The second-order valence-corrected chi connectivity index (χ2v) is 6.74. The SMILES string of the molecule is CCc1ccc(C2CC(N)CN(c3ccc(C(F)(F)F)cc3)C2)cc1. The van der Waals surface area contributed by atoms with Crippen LogP contribution in [0.4, 0.5) is 18.9 Å². The van der Waals surface area contributed by atoms with Crippen molar-refractivity contribution in [2.75, 3.05) is 18.0 Å². The Hall–Kier alpha value is -2.01. The van der Waals surface area contributed by atoms with Crippen molar-refractivity contribution in [2.24, 2.45) is 5.73 Å². The molecule has 0 aliphatic carbocycles. The number of piperidine rings is 1. The van der Waals surface area contributed by atoms with E-state index in [4.69, 9.17) is 5.73 Å². The fourth-order valence-corrected chi connectivity index (χ4v) is 3.48. The molecule has 1 heterocycles. The summed E-state index contributed by atoms with van der Waals surface area (Å²) in [6.45, 7) is 3.55. The molecule has 2 N–H and O–H groups in total. The maximum absolute atomic E-state index is 12.7. The van der Waals surface area contributed by atoms with Crippen LogP contribution in [0.15, 0.2) is 48.5 Å². The fraction of sp³-hybridized carbons (Fsp3) is 0.400. The maximum Gasteiger partial charge on any atom is 0.416 e. The van der Waals surface area contributed by atoms with Crippen molar-refractivity contribution >= 4 is 5.69 Å². The van der Waals surface area contributed by atoms with Crippen molar-refractivity contribution < 1.29 is 13.2 Å². The van der Waals surface area contributed by atoms with Gasteiger partial charge in [-0.05, 0) is 48.2 Å². The standard InChI is InChI=1S/C20H23F3N2/c1-2-14-3-5-15(6-4-14)16-11-18(24)13-25(12-16)19-9-7-17(8-10-19)20(21,22)23/h3-10,16,18H,2,11-13,24H2,1H3. The molecule has 2 atom stereocenters. The summed E-state index contributed by atoms with van der Waals surface area (Å²) >= 11 is 0. The Bertz CT molecular complexity index is 692. The van der Waals surface area contributed by atoms with Crippen molar-refractivity contribution in [1.29, 1.82) is 0 Å². The normalized spacial score (nSPS) is 21.4. The molecule has 2 aromatic rings. The van der Waals surface area contributed by atoms with Crippen LogP contribution in [-0.4, -0.2) is 19.1 Å². The summed E-state index contributed by atoms with van der Waals surface area (Å²) in [5.41, 5.74) is 8.93. The van der Waals surface area contributed by atoms with Gasteiger partial charge in [0, 0.05) is 30.7 Å². The molecule has 25 heavy (non-hydrogen) atoms. The Kier molecular flexibility index (Phi) is 5.04. The predicted octanol–water partition coefficient (Wildman–Crippen LogP) is 4.59. The summed E-state index contributed by atoms with van der Waals surface area (Å²) < 4.78 is 38.2. The van der Waals surface area contributed by atoms with E-state index in [-0.39, 0.29) is 12.0 Å². The number of halogens is 3. The van der Waals surface area contributed by atoms with Gasteiger partial charge in [0.1, 0.15) is 0 Å². The van der Waals surface area contributed by atoms with Gasteiger partial charge >= 0.3 is 6.18 Å². The monoisotopic (exact) mass is 348 g/mol. The number of aryl methyl sites for hydroxylation is 1. The minimum atomic E-state index is -4.31. The zero-order valence-corrected chi connectivity index (χ0v) is 14.3. The molecule has 0 bridgehead atoms. The Morgan fingerprint density at radius 1 is 1.00 bits per heavy atom. The zero-order valence-electron chi connectivity index (χ0n) is 14.3. The van der Waals surface area contributed by atoms with E-state index in [0.717, 1.165) is 37.2 Å². The lowest BCUT2D eigenvalue weighted by Gasteiger charge is -2.38. The Labute approximate surface area is 146 Å². The lowest BCUT2D eigenvalue weighted by atomic mass is 9.87. The summed E-state index contributed by atoms with van der Waals surface area (Å²) in [5, 5.41) is 0. The molecule has 0 amide bonds. The Balaban J connectivity index is 1.78. The van der Waals surface area contributed by atoms with Crippen molar-refractivity contribution in [1.82, 2.24) is 0 Å². The summed E-state index contributed by atoms with van der Waals surface area (Å²) in [5.74, 6) is 0.289. The third kappa shape index (κ3) is 4.15. The van der Waals surface area contributed by atoms with E-state index >= 15 is 0 Å². The number of rotatable bonds is 3. The molecule has 2 nitrogen and oxygen atoms in total. The van der Waals surface area contributed by atoms with Crippen LogP contribution in [0, 0.1) is 0 Å². The van der Waals surface area contributed by atoms with Crippen LogP contribution < -0.4 is 10.6 Å². The molecule has 1 fully saturated rings. The van der Waals surface area contributed by atoms with Gasteiger partial charge < -0.3 is 10.6 Å². The average molecular weight is 348 g/mol. The highest BCUT2D eigenvalue weighted by Gasteiger charge is 2.31. The molecule has 0 saturated carbocycles. The molecular weight excluding hydrogens is 325 g/mol. The number of anilines is 1. The lowest BCUT2D eigenvalue weighted by molar-refractivity contribution is -0.137. The summed E-state index contributed by atoms with van der Waals surface area (Å²) in [6.07, 6.45) is -2.41. The van der Waals surface area contributed by atoms with E-state index in [1.165, 1.54) is 23.3 Å². The lowest BCUT2D eigenvalue weighted by Crippen LogP contribution is -2.46. The molecule has 1 saturated heterocycles. The second kappa shape index (κ2) is 7.08. The molecule has 5 heteroatoms. The topological polar surface area (TPSA) is 29.3 Å². The van der Waals surface area contributed by atoms with Crippen LogP contribution >= 0.6 is 0 Å². The van der Waals surface area contributed by atoms with Crippen LogP contribution in [0.5, 0.6) is 0 Å². The van der Waals surface area contributed by atoms with Gasteiger partial charge in [0.15, 0.2) is 0 Å². The number of nitrogens with zero attached hydrogens (tertiary/aromatic N) is 1. The van der Waals surface area contributed by atoms with Crippen molar-refractivity contribution in [3.05, 3.63) is 65.2 Å². The quantitative estimate of drug-likeness (QED) is 0.879. The van der Waals surface area contributed by atoms with E-state index in [1.807, 2.05) is 0 Å². The van der Waals surface area contributed by atoms with E-state index in [1.54, 1.807) is 0 Å². The van der Waals surface area contributed by atoms with Crippen LogP contribution in [0.25, 0.3) is 0 Å². The first-order valence-electron chi connectivity index (χ1n) is 8.63. The first-order valence-corrected chi connectivity index (χ1v) is 8.63. The van der Waals surface area contributed by atoms with Crippen molar-refractivity contribution in [3.63, 3.8) is 0 Å². The van der Waals surface area contributed by atoms with Gasteiger partial charge in [-0.15, -0.1) is 0 Å². The van der Waals surface area contributed by atoms with Crippen LogP contribution in [0.2, 0.25) is 0 Å². The Morgan fingerprint density at radius 2 is 1.64 bits per heavy atom. The average Bonchev–Trinajstić information content (AvgIpc) is 2.60. The highest BCUT2D eigenvalue weighted by Crippen LogP contribution is 2.33. The first kappa shape index (κ1) is 17.8. The number of nitrogens with two attached hydrogens (primary N) is 1. The minimum Gasteiger partial charge on any atom is -0.369 e. The molecule has 1 aliphatic heterocycles. The largest absolute Gasteiger partial charge is 0.416 e. The van der Waals surface area contributed by atoms with Gasteiger partial charge in [0.2, 0.25) is 0 Å². The van der Waals surface area contributed by atoms with Gasteiger partial charge in [-0.2, -0.15) is 13.2 Å². The molecule has 2 unspecified atom stereocenters. The van der Waals surface area contributed by atoms with Gasteiger partial charge in [-0.3, -0.25) is 0 Å². The minimum absolute atomic E-state index is 0.00638. The number of hydrogen-bond acceptors (Lipinski definition) is 2. The van der Waals surface area contributed by atoms with Crippen LogP contribution in [-0.2, 0) is 12.6 Å². The molecule has 2 aromatic carbocycles. The number of benzene rings is 2. The van der Waals surface area contributed by atoms with E-state index < -0.39 is 11.7 Å². The summed E-state index contributed by atoms with van der Waals surface area (Å²) in [4.78, 5) is 2.09. The summed E-state index contributed by atoms with van der Waals surface area (Å²) in [7, 11) is 0. The van der Waals surface area contributed by atoms with Gasteiger partial charge in [0.05, 0.1) is 5.56 Å². The highest BCUT2D eigenvalue weighted by molar-refractivity contribution is 5.49.